The molecule has 2 fully saturated rings. The van der Waals surface area contributed by atoms with Crippen molar-refractivity contribution in [3.8, 4) is 0 Å². The van der Waals surface area contributed by atoms with Crippen LogP contribution in [0.4, 0.5) is 0 Å². The summed E-state index contributed by atoms with van der Waals surface area (Å²) in [5.41, 5.74) is 0.346. The highest BCUT2D eigenvalue weighted by molar-refractivity contribution is 6.35. The Morgan fingerprint density at radius 1 is 0.789 bits per heavy atom. The van der Waals surface area contributed by atoms with Crippen molar-refractivity contribution in [3.05, 3.63) is 0 Å². The molecule has 0 heterocycles. The fourth-order valence-electron chi connectivity index (χ4n) is 2.83. The fraction of sp³-hybridized carbons (Fsp3) is 0.867. The monoisotopic (exact) mass is 266 g/mol. The minimum Gasteiger partial charge on any atom is -0.345 e. The number of rotatable bonds is 2. The van der Waals surface area contributed by atoms with Crippen molar-refractivity contribution in [1.82, 2.24) is 10.6 Å². The van der Waals surface area contributed by atoms with Crippen molar-refractivity contribution in [1.29, 1.82) is 0 Å². The summed E-state index contributed by atoms with van der Waals surface area (Å²) in [6.45, 7) is 6.83. The van der Waals surface area contributed by atoms with Gasteiger partial charge in [-0.2, -0.15) is 0 Å². The molecule has 0 aromatic heterocycles. The highest BCUT2D eigenvalue weighted by Gasteiger charge is 2.32. The Kier molecular flexibility index (Phi) is 4.16. The van der Waals surface area contributed by atoms with Gasteiger partial charge in [0.25, 0.3) is 0 Å². The molecule has 2 amide bonds. The van der Waals surface area contributed by atoms with Crippen LogP contribution in [-0.2, 0) is 9.59 Å². The van der Waals surface area contributed by atoms with Gasteiger partial charge in [-0.15, -0.1) is 0 Å². The van der Waals surface area contributed by atoms with Crippen LogP contribution in [0, 0.1) is 11.3 Å². The lowest BCUT2D eigenvalue weighted by molar-refractivity contribution is -0.139. The molecule has 108 valence electrons. The first-order valence-electron chi connectivity index (χ1n) is 7.47. The van der Waals surface area contributed by atoms with Gasteiger partial charge >= 0.3 is 11.8 Å². The minimum absolute atomic E-state index is 0.177. The summed E-state index contributed by atoms with van der Waals surface area (Å²) >= 11 is 0. The Labute approximate surface area is 115 Å². The summed E-state index contributed by atoms with van der Waals surface area (Å²) in [6, 6.07) is 0.422. The molecule has 4 heteroatoms. The highest BCUT2D eigenvalue weighted by Crippen LogP contribution is 2.37. The van der Waals surface area contributed by atoms with Crippen molar-refractivity contribution < 1.29 is 9.59 Å². The van der Waals surface area contributed by atoms with Crippen LogP contribution in [0.1, 0.15) is 59.3 Å². The van der Waals surface area contributed by atoms with E-state index in [-0.39, 0.29) is 12.1 Å². The zero-order valence-electron chi connectivity index (χ0n) is 12.3. The van der Waals surface area contributed by atoms with Crippen LogP contribution in [0.25, 0.3) is 0 Å². The molecule has 2 aliphatic carbocycles. The predicted molar refractivity (Wildman–Crippen MR) is 74.5 cm³/mol. The van der Waals surface area contributed by atoms with Crippen LogP contribution >= 0.6 is 0 Å². The molecule has 0 aromatic rings. The summed E-state index contributed by atoms with van der Waals surface area (Å²) < 4.78 is 0. The van der Waals surface area contributed by atoms with Crippen LogP contribution < -0.4 is 10.6 Å². The van der Waals surface area contributed by atoms with Crippen LogP contribution in [0.3, 0.4) is 0 Å². The number of carbonyl (C=O) groups is 2. The third-order valence-electron chi connectivity index (χ3n) is 4.41. The van der Waals surface area contributed by atoms with Crippen molar-refractivity contribution in [2.45, 2.75) is 71.4 Å². The van der Waals surface area contributed by atoms with E-state index in [1.165, 1.54) is 0 Å². The molecule has 19 heavy (non-hydrogen) atoms. The smallest absolute Gasteiger partial charge is 0.309 e. The second kappa shape index (κ2) is 5.51. The first kappa shape index (κ1) is 14.4. The van der Waals surface area contributed by atoms with Crippen LogP contribution in [0.15, 0.2) is 0 Å². The van der Waals surface area contributed by atoms with E-state index in [1.54, 1.807) is 0 Å². The van der Waals surface area contributed by atoms with Gasteiger partial charge in [-0.3, -0.25) is 9.59 Å². The van der Waals surface area contributed by atoms with E-state index < -0.39 is 11.8 Å². The average molecular weight is 266 g/mol. The van der Waals surface area contributed by atoms with Crippen molar-refractivity contribution >= 4 is 11.8 Å². The van der Waals surface area contributed by atoms with Gasteiger partial charge in [0.1, 0.15) is 0 Å². The standard InChI is InChI=1S/C15H26N2O2/c1-15(2,3)10-4-6-11(7-5-10)16-13(18)14(19)17-12-8-9-12/h10-12H,4-9H2,1-3H3,(H,16,18)(H,17,19). The summed E-state index contributed by atoms with van der Waals surface area (Å²) in [6.07, 6.45) is 6.28. The molecule has 0 aromatic carbocycles. The van der Waals surface area contributed by atoms with Crippen LogP contribution in [0.5, 0.6) is 0 Å². The van der Waals surface area contributed by atoms with Gasteiger partial charge in [-0.1, -0.05) is 20.8 Å². The van der Waals surface area contributed by atoms with Gasteiger partial charge in [0.05, 0.1) is 0 Å². The molecule has 0 radical (unpaired) electrons. The Bertz CT molecular complexity index is 348. The first-order valence-corrected chi connectivity index (χ1v) is 7.47. The molecule has 2 rings (SSSR count). The van der Waals surface area contributed by atoms with E-state index in [4.69, 9.17) is 0 Å². The lowest BCUT2D eigenvalue weighted by atomic mass is 9.71. The lowest BCUT2D eigenvalue weighted by Gasteiger charge is -2.37. The van der Waals surface area contributed by atoms with Crippen molar-refractivity contribution in [2.75, 3.05) is 0 Å². The molecule has 2 aliphatic rings. The number of nitrogens with one attached hydrogen (secondary N) is 2. The third-order valence-corrected chi connectivity index (χ3v) is 4.41. The normalized spacial score (nSPS) is 27.7. The quantitative estimate of drug-likeness (QED) is 0.751. The largest absolute Gasteiger partial charge is 0.345 e. The Balaban J connectivity index is 1.72. The van der Waals surface area contributed by atoms with E-state index in [1.807, 2.05) is 0 Å². The number of carbonyl (C=O) groups excluding carboxylic acids is 2. The van der Waals surface area contributed by atoms with Gasteiger partial charge in [0, 0.05) is 12.1 Å². The Morgan fingerprint density at radius 2 is 1.16 bits per heavy atom. The molecule has 0 unspecified atom stereocenters. The van der Waals surface area contributed by atoms with E-state index >= 15 is 0 Å². The van der Waals surface area contributed by atoms with E-state index in [2.05, 4.69) is 31.4 Å². The summed E-state index contributed by atoms with van der Waals surface area (Å²) in [4.78, 5) is 23.3. The van der Waals surface area contributed by atoms with Gasteiger partial charge in [0.15, 0.2) is 0 Å². The first-order chi connectivity index (χ1) is 8.86. The zero-order valence-corrected chi connectivity index (χ0v) is 12.3. The molecule has 0 aliphatic heterocycles. The zero-order chi connectivity index (χ0) is 14.0. The third kappa shape index (κ3) is 4.22. The van der Waals surface area contributed by atoms with E-state index in [9.17, 15) is 9.59 Å². The SMILES string of the molecule is CC(C)(C)C1CCC(NC(=O)C(=O)NC2CC2)CC1. The highest BCUT2D eigenvalue weighted by atomic mass is 16.2. The molecule has 2 saturated carbocycles. The number of hydrogen-bond donors (Lipinski definition) is 2. The second-order valence-corrected chi connectivity index (χ2v) is 7.14. The molecular formula is C15H26N2O2. The van der Waals surface area contributed by atoms with E-state index in [0.29, 0.717) is 5.41 Å². The number of hydrogen-bond acceptors (Lipinski definition) is 2. The van der Waals surface area contributed by atoms with E-state index in [0.717, 1.165) is 44.4 Å². The molecule has 4 nitrogen and oxygen atoms in total. The Morgan fingerprint density at radius 3 is 1.47 bits per heavy atom. The second-order valence-electron chi connectivity index (χ2n) is 7.14. The van der Waals surface area contributed by atoms with Gasteiger partial charge in [-0.05, 0) is 49.9 Å². The molecule has 0 bridgehead atoms. The lowest BCUT2D eigenvalue weighted by Crippen LogP contribution is -2.46. The summed E-state index contributed by atoms with van der Waals surface area (Å²) in [5.74, 6) is -0.188. The molecule has 2 N–H and O–H groups in total. The summed E-state index contributed by atoms with van der Waals surface area (Å²) in [5, 5.41) is 5.60. The predicted octanol–water partition coefficient (Wildman–Crippen LogP) is 1.99. The average Bonchev–Trinajstić information content (AvgIpc) is 3.12. The van der Waals surface area contributed by atoms with Crippen LogP contribution in [0.2, 0.25) is 0 Å². The molecule has 0 spiro atoms. The van der Waals surface area contributed by atoms with Gasteiger partial charge < -0.3 is 10.6 Å². The van der Waals surface area contributed by atoms with Gasteiger partial charge in [-0.25, -0.2) is 0 Å². The molecular weight excluding hydrogens is 240 g/mol. The topological polar surface area (TPSA) is 58.2 Å². The van der Waals surface area contributed by atoms with Gasteiger partial charge in [0.2, 0.25) is 0 Å². The van der Waals surface area contributed by atoms with Crippen LogP contribution in [-0.4, -0.2) is 23.9 Å². The maximum atomic E-state index is 11.7. The number of amides is 2. The minimum atomic E-state index is -0.458. The van der Waals surface area contributed by atoms with Crippen molar-refractivity contribution in [3.63, 3.8) is 0 Å². The molecule has 0 saturated heterocycles. The summed E-state index contributed by atoms with van der Waals surface area (Å²) in [7, 11) is 0. The Hall–Kier alpha value is -1.06. The van der Waals surface area contributed by atoms with Crippen molar-refractivity contribution in [2.24, 2.45) is 11.3 Å². The molecule has 0 atom stereocenters. The maximum Gasteiger partial charge on any atom is 0.309 e. The maximum absolute atomic E-state index is 11.7. The fourth-order valence-corrected chi connectivity index (χ4v) is 2.83.